The number of hydrogen-bond acceptors (Lipinski definition) is 5. The van der Waals surface area contributed by atoms with E-state index < -0.39 is 0 Å². The molecule has 2 aromatic rings. The number of benzene rings is 1. The quantitative estimate of drug-likeness (QED) is 0.779. The smallest absolute Gasteiger partial charge is 0.236 e. The third-order valence-corrected chi connectivity index (χ3v) is 5.42. The molecule has 1 amide bonds. The zero-order chi connectivity index (χ0) is 17.6. The van der Waals surface area contributed by atoms with Gasteiger partial charge < -0.3 is 9.42 Å². The molecular formula is C18H22FN3O2S. The Morgan fingerprint density at radius 2 is 2.16 bits per heavy atom. The number of aromatic nitrogens is 2. The van der Waals surface area contributed by atoms with Crippen molar-refractivity contribution in [2.24, 2.45) is 0 Å². The molecule has 134 valence electrons. The molecule has 1 fully saturated rings. The molecule has 1 aliphatic carbocycles. The van der Waals surface area contributed by atoms with Gasteiger partial charge in [0.1, 0.15) is 5.82 Å². The fourth-order valence-electron chi connectivity index (χ4n) is 3.06. The molecule has 0 unspecified atom stereocenters. The first-order valence-electron chi connectivity index (χ1n) is 8.55. The minimum absolute atomic E-state index is 0.141. The number of halogens is 1. The summed E-state index contributed by atoms with van der Waals surface area (Å²) in [5, 5.41) is 3.87. The highest BCUT2D eigenvalue weighted by Gasteiger charge is 2.22. The largest absolute Gasteiger partial charge is 0.342 e. The standard InChI is InChI=1S/C18H22FN3O2S/c1-22(15-8-3-2-4-9-15)17(23)12-25-11-16-20-18(21-24-16)13-6-5-7-14(19)10-13/h5-7,10,15H,2-4,8-9,11-12H2,1H3. The van der Waals surface area contributed by atoms with Crippen LogP contribution in [0.15, 0.2) is 28.8 Å². The van der Waals surface area contributed by atoms with E-state index in [0.29, 0.717) is 34.8 Å². The third-order valence-electron chi connectivity index (χ3n) is 4.52. The second kappa shape index (κ2) is 8.47. The van der Waals surface area contributed by atoms with Gasteiger partial charge in [0.15, 0.2) is 0 Å². The van der Waals surface area contributed by atoms with Crippen molar-refractivity contribution >= 4 is 17.7 Å². The fraction of sp³-hybridized carbons (Fsp3) is 0.500. The van der Waals surface area contributed by atoms with Crippen molar-refractivity contribution in [3.8, 4) is 11.4 Å². The van der Waals surface area contributed by atoms with Crippen LogP contribution in [-0.2, 0) is 10.5 Å². The van der Waals surface area contributed by atoms with E-state index in [9.17, 15) is 9.18 Å². The number of nitrogens with zero attached hydrogens (tertiary/aromatic N) is 3. The Kier molecular flexibility index (Phi) is 6.07. The van der Waals surface area contributed by atoms with E-state index in [1.165, 1.54) is 43.2 Å². The van der Waals surface area contributed by atoms with E-state index in [-0.39, 0.29) is 11.7 Å². The highest BCUT2D eigenvalue weighted by atomic mass is 32.2. The molecule has 0 radical (unpaired) electrons. The average molecular weight is 363 g/mol. The van der Waals surface area contributed by atoms with Gasteiger partial charge in [-0.25, -0.2) is 4.39 Å². The topological polar surface area (TPSA) is 59.2 Å². The average Bonchev–Trinajstić information content (AvgIpc) is 3.11. The van der Waals surface area contributed by atoms with Crippen LogP contribution in [0.5, 0.6) is 0 Å². The minimum Gasteiger partial charge on any atom is -0.342 e. The summed E-state index contributed by atoms with van der Waals surface area (Å²) in [4.78, 5) is 18.4. The van der Waals surface area contributed by atoms with E-state index in [4.69, 9.17) is 4.52 Å². The van der Waals surface area contributed by atoms with E-state index in [0.717, 1.165) is 12.8 Å². The lowest BCUT2D eigenvalue weighted by molar-refractivity contribution is -0.129. The first-order chi connectivity index (χ1) is 12.1. The predicted octanol–water partition coefficient (Wildman–Crippen LogP) is 3.90. The van der Waals surface area contributed by atoms with Crippen LogP contribution < -0.4 is 0 Å². The van der Waals surface area contributed by atoms with Gasteiger partial charge in [-0.3, -0.25) is 4.79 Å². The fourth-order valence-corrected chi connectivity index (χ4v) is 3.83. The Hall–Kier alpha value is -1.89. The SMILES string of the molecule is CN(C(=O)CSCc1nc(-c2cccc(F)c2)no1)C1CCCCC1. The molecule has 1 heterocycles. The van der Waals surface area contributed by atoms with E-state index in [2.05, 4.69) is 10.1 Å². The summed E-state index contributed by atoms with van der Waals surface area (Å²) in [6.45, 7) is 0. The van der Waals surface area contributed by atoms with Crippen molar-refractivity contribution in [2.45, 2.75) is 43.9 Å². The molecule has 0 aliphatic heterocycles. The number of thioether (sulfide) groups is 1. The maximum atomic E-state index is 13.2. The van der Waals surface area contributed by atoms with Gasteiger partial charge in [-0.2, -0.15) is 4.98 Å². The Morgan fingerprint density at radius 3 is 2.92 bits per heavy atom. The molecule has 0 atom stereocenters. The number of rotatable bonds is 6. The maximum absolute atomic E-state index is 13.2. The van der Waals surface area contributed by atoms with E-state index in [1.54, 1.807) is 12.1 Å². The van der Waals surface area contributed by atoms with Crippen molar-refractivity contribution in [3.63, 3.8) is 0 Å². The Morgan fingerprint density at radius 1 is 1.36 bits per heavy atom. The van der Waals surface area contributed by atoms with E-state index >= 15 is 0 Å². The van der Waals surface area contributed by atoms with Gasteiger partial charge in [0.25, 0.3) is 0 Å². The second-order valence-electron chi connectivity index (χ2n) is 6.31. The minimum atomic E-state index is -0.338. The molecule has 0 saturated heterocycles. The van der Waals surface area contributed by atoms with Gasteiger partial charge >= 0.3 is 0 Å². The van der Waals surface area contributed by atoms with Gasteiger partial charge in [-0.15, -0.1) is 11.8 Å². The number of carbonyl (C=O) groups is 1. The zero-order valence-corrected chi connectivity index (χ0v) is 15.1. The summed E-state index contributed by atoms with van der Waals surface area (Å²) in [5.41, 5.74) is 0.577. The lowest BCUT2D eigenvalue weighted by atomic mass is 9.94. The van der Waals surface area contributed by atoms with Crippen LogP contribution in [0.2, 0.25) is 0 Å². The zero-order valence-electron chi connectivity index (χ0n) is 14.3. The van der Waals surface area contributed by atoms with Crippen LogP contribution in [-0.4, -0.2) is 39.8 Å². The molecular weight excluding hydrogens is 341 g/mol. The van der Waals surface area contributed by atoms with Crippen molar-refractivity contribution in [1.82, 2.24) is 15.0 Å². The van der Waals surface area contributed by atoms with Gasteiger partial charge in [0.05, 0.1) is 11.5 Å². The molecule has 7 heteroatoms. The molecule has 1 aromatic carbocycles. The summed E-state index contributed by atoms with van der Waals surface area (Å²) in [7, 11) is 1.90. The second-order valence-corrected chi connectivity index (χ2v) is 7.30. The highest BCUT2D eigenvalue weighted by Crippen LogP contribution is 2.23. The summed E-state index contributed by atoms with van der Waals surface area (Å²) >= 11 is 1.46. The maximum Gasteiger partial charge on any atom is 0.236 e. The normalized spacial score (nSPS) is 15.3. The molecule has 1 aromatic heterocycles. The number of hydrogen-bond donors (Lipinski definition) is 0. The number of amides is 1. The lowest BCUT2D eigenvalue weighted by Gasteiger charge is -2.31. The van der Waals surface area contributed by atoms with E-state index in [1.807, 2.05) is 11.9 Å². The molecule has 0 spiro atoms. The molecule has 1 saturated carbocycles. The molecule has 3 rings (SSSR count). The molecule has 0 bridgehead atoms. The first-order valence-corrected chi connectivity index (χ1v) is 9.71. The predicted molar refractivity (Wildman–Crippen MR) is 95.5 cm³/mol. The van der Waals surface area contributed by atoms with Crippen LogP contribution in [0.3, 0.4) is 0 Å². The van der Waals surface area contributed by atoms with Gasteiger partial charge in [0, 0.05) is 18.7 Å². The van der Waals surface area contributed by atoms with Crippen molar-refractivity contribution in [1.29, 1.82) is 0 Å². The lowest BCUT2D eigenvalue weighted by Crippen LogP contribution is -2.39. The van der Waals surface area contributed by atoms with Crippen LogP contribution >= 0.6 is 11.8 Å². The molecule has 1 aliphatic rings. The molecule has 0 N–H and O–H groups in total. The summed E-state index contributed by atoms with van der Waals surface area (Å²) in [6, 6.07) is 6.45. The monoisotopic (exact) mass is 363 g/mol. The number of carbonyl (C=O) groups excluding carboxylic acids is 1. The Labute approximate surface area is 151 Å². The third kappa shape index (κ3) is 4.81. The van der Waals surface area contributed by atoms with Crippen LogP contribution in [0, 0.1) is 5.82 Å². The summed E-state index contributed by atoms with van der Waals surface area (Å²) < 4.78 is 18.4. The molecule has 25 heavy (non-hydrogen) atoms. The highest BCUT2D eigenvalue weighted by molar-refractivity contribution is 7.99. The van der Waals surface area contributed by atoms with Gasteiger partial charge in [-0.1, -0.05) is 36.6 Å². The summed E-state index contributed by atoms with van der Waals surface area (Å²) in [5.74, 6) is 1.46. The van der Waals surface area contributed by atoms with Crippen LogP contribution in [0.4, 0.5) is 4.39 Å². The first kappa shape index (κ1) is 17.9. The Bertz CT molecular complexity index is 716. The Balaban J connectivity index is 1.48. The van der Waals surface area contributed by atoms with Crippen LogP contribution in [0.1, 0.15) is 38.0 Å². The van der Waals surface area contributed by atoms with Crippen molar-refractivity contribution in [2.75, 3.05) is 12.8 Å². The van der Waals surface area contributed by atoms with Gasteiger partial charge in [-0.05, 0) is 25.0 Å². The van der Waals surface area contributed by atoms with Gasteiger partial charge in [0.2, 0.25) is 17.6 Å². The van der Waals surface area contributed by atoms with Crippen LogP contribution in [0.25, 0.3) is 11.4 Å². The van der Waals surface area contributed by atoms with Crippen molar-refractivity contribution < 1.29 is 13.7 Å². The summed E-state index contributed by atoms with van der Waals surface area (Å²) in [6.07, 6.45) is 5.90. The van der Waals surface area contributed by atoms with Crippen molar-refractivity contribution in [3.05, 3.63) is 36.0 Å². The molecule has 5 nitrogen and oxygen atoms in total.